The van der Waals surface area contributed by atoms with Gasteiger partial charge in [-0.1, -0.05) is 0 Å². The molecule has 0 spiro atoms. The minimum Gasteiger partial charge on any atom is -0.444 e. The molecule has 0 saturated carbocycles. The summed E-state index contributed by atoms with van der Waals surface area (Å²) in [6, 6.07) is 0.234. The van der Waals surface area contributed by atoms with Crippen molar-refractivity contribution in [2.75, 3.05) is 13.1 Å². The van der Waals surface area contributed by atoms with Crippen LogP contribution in [-0.2, 0) is 17.7 Å². The number of aromatic nitrogens is 2. The zero-order valence-electron chi connectivity index (χ0n) is 14.4. The first-order valence-corrected chi connectivity index (χ1v) is 8.61. The summed E-state index contributed by atoms with van der Waals surface area (Å²) in [6.45, 7) is 8.03. The van der Waals surface area contributed by atoms with Crippen molar-refractivity contribution in [3.8, 4) is 0 Å². The Morgan fingerprint density at radius 1 is 1.30 bits per heavy atom. The molecule has 0 aromatic carbocycles. The molecule has 1 saturated heterocycles. The molecule has 0 radical (unpaired) electrons. The summed E-state index contributed by atoms with van der Waals surface area (Å²) >= 11 is 0. The molecule has 3 rings (SSSR count). The van der Waals surface area contributed by atoms with Crippen molar-refractivity contribution in [2.45, 2.75) is 70.6 Å². The summed E-state index contributed by atoms with van der Waals surface area (Å²) in [6.07, 6.45) is 5.73. The quantitative estimate of drug-likeness (QED) is 0.861. The van der Waals surface area contributed by atoms with E-state index in [0.29, 0.717) is 5.92 Å². The van der Waals surface area contributed by atoms with Crippen LogP contribution in [0.15, 0.2) is 6.20 Å². The predicted molar refractivity (Wildman–Crippen MR) is 88.3 cm³/mol. The van der Waals surface area contributed by atoms with E-state index in [1.165, 1.54) is 5.69 Å². The molecule has 2 N–H and O–H groups in total. The van der Waals surface area contributed by atoms with Gasteiger partial charge in [-0.05, 0) is 46.5 Å². The number of ether oxygens (including phenoxy) is 1. The van der Waals surface area contributed by atoms with Crippen LogP contribution < -0.4 is 5.73 Å². The van der Waals surface area contributed by atoms with Gasteiger partial charge in [0, 0.05) is 43.5 Å². The third-order valence-electron chi connectivity index (χ3n) is 4.67. The van der Waals surface area contributed by atoms with Crippen molar-refractivity contribution < 1.29 is 9.53 Å². The van der Waals surface area contributed by atoms with Gasteiger partial charge in [0.25, 0.3) is 0 Å². The highest BCUT2D eigenvalue weighted by atomic mass is 16.6. The zero-order chi connectivity index (χ0) is 16.6. The third-order valence-corrected chi connectivity index (χ3v) is 4.67. The lowest BCUT2D eigenvalue weighted by Crippen LogP contribution is -2.42. The highest BCUT2D eigenvalue weighted by Gasteiger charge is 2.30. The topological polar surface area (TPSA) is 73.4 Å². The summed E-state index contributed by atoms with van der Waals surface area (Å²) in [5.41, 5.74) is 6.97. The number of hydrogen-bond donors (Lipinski definition) is 1. The predicted octanol–water partition coefficient (Wildman–Crippen LogP) is 2.27. The third kappa shape index (κ3) is 3.68. The highest BCUT2D eigenvalue weighted by molar-refractivity contribution is 5.68. The molecule has 128 valence electrons. The molecule has 2 aliphatic heterocycles. The number of hydrogen-bond acceptors (Lipinski definition) is 4. The van der Waals surface area contributed by atoms with Crippen LogP contribution in [0.5, 0.6) is 0 Å². The van der Waals surface area contributed by atoms with Crippen LogP contribution in [0.25, 0.3) is 0 Å². The lowest BCUT2D eigenvalue weighted by Gasteiger charge is -2.34. The average Bonchev–Trinajstić information content (AvgIpc) is 2.88. The fourth-order valence-electron chi connectivity index (χ4n) is 3.47. The summed E-state index contributed by atoms with van der Waals surface area (Å²) in [5.74, 6) is 1.56. The normalized spacial score (nSPS) is 22.8. The molecule has 1 unspecified atom stereocenters. The molecular formula is C17H28N4O2. The van der Waals surface area contributed by atoms with Crippen LogP contribution in [-0.4, -0.2) is 45.3 Å². The van der Waals surface area contributed by atoms with E-state index in [-0.39, 0.29) is 12.1 Å². The first kappa shape index (κ1) is 16.3. The van der Waals surface area contributed by atoms with E-state index in [4.69, 9.17) is 10.5 Å². The van der Waals surface area contributed by atoms with E-state index >= 15 is 0 Å². The lowest BCUT2D eigenvalue weighted by atomic mass is 9.95. The number of likely N-dealkylation sites (tertiary alicyclic amines) is 1. The molecule has 0 aliphatic carbocycles. The van der Waals surface area contributed by atoms with E-state index in [2.05, 4.69) is 9.55 Å². The van der Waals surface area contributed by atoms with Crippen molar-refractivity contribution in [1.82, 2.24) is 14.5 Å². The Hall–Kier alpha value is -1.56. The SMILES string of the molecule is CC(C)(C)OC(=O)N1CCC(c2ncc3n2CC(N)CC3)CC1. The number of nitrogens with two attached hydrogens (primary N) is 1. The first-order valence-electron chi connectivity index (χ1n) is 8.61. The number of rotatable bonds is 1. The van der Waals surface area contributed by atoms with Crippen LogP contribution in [0.3, 0.4) is 0 Å². The van der Waals surface area contributed by atoms with Crippen LogP contribution in [0.4, 0.5) is 4.79 Å². The minimum atomic E-state index is -0.438. The second kappa shape index (κ2) is 6.15. The molecular weight excluding hydrogens is 292 g/mol. The Balaban J connectivity index is 1.62. The van der Waals surface area contributed by atoms with Crippen molar-refractivity contribution in [1.29, 1.82) is 0 Å². The Labute approximate surface area is 138 Å². The van der Waals surface area contributed by atoms with Crippen LogP contribution >= 0.6 is 0 Å². The number of imidazole rings is 1. The maximum atomic E-state index is 12.1. The number of fused-ring (bicyclic) bond motifs is 1. The van der Waals surface area contributed by atoms with Gasteiger partial charge in [0.1, 0.15) is 11.4 Å². The van der Waals surface area contributed by atoms with E-state index in [1.807, 2.05) is 31.9 Å². The highest BCUT2D eigenvalue weighted by Crippen LogP contribution is 2.30. The van der Waals surface area contributed by atoms with Gasteiger partial charge in [0.05, 0.1) is 0 Å². The average molecular weight is 320 g/mol. The van der Waals surface area contributed by atoms with Gasteiger partial charge in [0.2, 0.25) is 0 Å². The lowest BCUT2D eigenvalue weighted by molar-refractivity contribution is 0.0202. The van der Waals surface area contributed by atoms with E-state index < -0.39 is 5.60 Å². The molecule has 1 fully saturated rings. The number of aryl methyl sites for hydroxylation is 1. The van der Waals surface area contributed by atoms with Gasteiger partial charge in [-0.2, -0.15) is 0 Å². The summed E-state index contributed by atoms with van der Waals surface area (Å²) in [5, 5.41) is 0. The van der Waals surface area contributed by atoms with Gasteiger partial charge in [-0.3, -0.25) is 0 Å². The van der Waals surface area contributed by atoms with Gasteiger partial charge < -0.3 is 19.9 Å². The molecule has 23 heavy (non-hydrogen) atoms. The molecule has 3 heterocycles. The van der Waals surface area contributed by atoms with Crippen LogP contribution in [0.2, 0.25) is 0 Å². The van der Waals surface area contributed by atoms with Gasteiger partial charge in [-0.25, -0.2) is 9.78 Å². The van der Waals surface area contributed by atoms with Crippen molar-refractivity contribution in [3.05, 3.63) is 17.7 Å². The largest absolute Gasteiger partial charge is 0.444 e. The van der Waals surface area contributed by atoms with Crippen LogP contribution in [0.1, 0.15) is 57.5 Å². The Morgan fingerprint density at radius 3 is 2.65 bits per heavy atom. The van der Waals surface area contributed by atoms with Crippen molar-refractivity contribution in [3.63, 3.8) is 0 Å². The summed E-state index contributed by atoms with van der Waals surface area (Å²) < 4.78 is 7.76. The summed E-state index contributed by atoms with van der Waals surface area (Å²) in [7, 11) is 0. The maximum absolute atomic E-state index is 12.1. The number of carbonyl (C=O) groups excluding carboxylic acids is 1. The van der Waals surface area contributed by atoms with E-state index in [9.17, 15) is 4.79 Å². The standard InChI is InChI=1S/C17H28N4O2/c1-17(2,3)23-16(22)20-8-6-12(7-9-20)15-19-10-14-5-4-13(18)11-21(14)15/h10,12-13H,4-9,11,18H2,1-3H3. The first-order chi connectivity index (χ1) is 10.8. The number of carbonyl (C=O) groups is 1. The Kier molecular flexibility index (Phi) is 4.36. The molecule has 0 bridgehead atoms. The Morgan fingerprint density at radius 2 is 2.00 bits per heavy atom. The molecule has 1 atom stereocenters. The van der Waals surface area contributed by atoms with E-state index in [1.54, 1.807) is 0 Å². The van der Waals surface area contributed by atoms with Gasteiger partial charge in [0.15, 0.2) is 0 Å². The van der Waals surface area contributed by atoms with E-state index in [0.717, 1.165) is 51.1 Å². The van der Waals surface area contributed by atoms with Gasteiger partial charge >= 0.3 is 6.09 Å². The fraction of sp³-hybridized carbons (Fsp3) is 0.765. The number of nitrogens with zero attached hydrogens (tertiary/aromatic N) is 3. The second-order valence-electron chi connectivity index (χ2n) is 7.76. The number of amides is 1. The Bertz CT molecular complexity index is 568. The molecule has 1 amide bonds. The van der Waals surface area contributed by atoms with Crippen molar-refractivity contribution >= 4 is 6.09 Å². The minimum absolute atomic E-state index is 0.205. The van der Waals surface area contributed by atoms with Crippen LogP contribution in [0, 0.1) is 0 Å². The molecule has 6 heteroatoms. The zero-order valence-corrected chi connectivity index (χ0v) is 14.4. The molecule has 2 aliphatic rings. The fourth-order valence-corrected chi connectivity index (χ4v) is 3.47. The van der Waals surface area contributed by atoms with Gasteiger partial charge in [-0.15, -0.1) is 0 Å². The monoisotopic (exact) mass is 320 g/mol. The molecule has 1 aromatic rings. The summed E-state index contributed by atoms with van der Waals surface area (Å²) in [4.78, 5) is 18.6. The smallest absolute Gasteiger partial charge is 0.410 e. The second-order valence-corrected chi connectivity index (χ2v) is 7.76. The molecule has 1 aromatic heterocycles. The molecule has 6 nitrogen and oxygen atoms in total. The van der Waals surface area contributed by atoms with Crippen molar-refractivity contribution in [2.24, 2.45) is 5.73 Å². The maximum Gasteiger partial charge on any atom is 0.410 e. The number of piperidine rings is 1.